The SMILES string of the molecule is CC[C@@H](C)c1nc(N2CCN(C(=O)C3CCC3)CC2)c2c3c(sc2n1)CCCC3. The number of thiophene rings is 1. The number of anilines is 1. The standard InChI is InChI=1S/C23H32N4OS/c1-3-15(2)20-24-21(19-17-9-4-5-10-18(17)29-22(19)25-20)26-11-13-27(14-12-26)23(28)16-7-6-8-16/h15-16H,3-14H2,1-2H3/t15-/m1/s1. The van der Waals surface area contributed by atoms with Crippen molar-refractivity contribution in [1.82, 2.24) is 14.9 Å². The van der Waals surface area contributed by atoms with Gasteiger partial charge in [-0.05, 0) is 50.5 Å². The molecule has 5 nitrogen and oxygen atoms in total. The van der Waals surface area contributed by atoms with Crippen molar-refractivity contribution < 1.29 is 4.79 Å². The average molecular weight is 413 g/mol. The van der Waals surface area contributed by atoms with Crippen molar-refractivity contribution in [3.05, 3.63) is 16.3 Å². The van der Waals surface area contributed by atoms with Crippen LogP contribution in [0.25, 0.3) is 10.2 Å². The molecular weight excluding hydrogens is 380 g/mol. The van der Waals surface area contributed by atoms with Crippen LogP contribution in [0.15, 0.2) is 0 Å². The Labute approximate surface area is 177 Å². The minimum absolute atomic E-state index is 0.299. The summed E-state index contributed by atoms with van der Waals surface area (Å²) < 4.78 is 0. The first-order valence-corrected chi connectivity index (χ1v) is 12.3. The van der Waals surface area contributed by atoms with Crippen LogP contribution in [-0.4, -0.2) is 47.0 Å². The third-order valence-corrected chi connectivity index (χ3v) is 8.40. The highest BCUT2D eigenvalue weighted by Gasteiger charge is 2.32. The number of piperazine rings is 1. The van der Waals surface area contributed by atoms with E-state index in [1.165, 1.54) is 46.3 Å². The van der Waals surface area contributed by atoms with E-state index in [4.69, 9.17) is 9.97 Å². The summed E-state index contributed by atoms with van der Waals surface area (Å²) in [6.45, 7) is 7.86. The number of carbonyl (C=O) groups is 1. The van der Waals surface area contributed by atoms with Gasteiger partial charge in [-0.25, -0.2) is 9.97 Å². The van der Waals surface area contributed by atoms with Crippen LogP contribution < -0.4 is 4.90 Å². The molecule has 0 spiro atoms. The Balaban J connectivity index is 1.46. The van der Waals surface area contributed by atoms with Crippen LogP contribution in [0.3, 0.4) is 0 Å². The fourth-order valence-corrected chi connectivity index (χ4v) is 6.10. The zero-order chi connectivity index (χ0) is 20.0. The first kappa shape index (κ1) is 19.3. The predicted molar refractivity (Wildman–Crippen MR) is 119 cm³/mol. The highest BCUT2D eigenvalue weighted by molar-refractivity contribution is 7.19. The molecule has 6 heteroatoms. The second-order valence-corrected chi connectivity index (χ2v) is 10.1. The van der Waals surface area contributed by atoms with Crippen molar-refractivity contribution in [2.45, 2.75) is 71.1 Å². The molecule has 0 N–H and O–H groups in total. The Bertz CT molecular complexity index is 911. The summed E-state index contributed by atoms with van der Waals surface area (Å²) in [5.74, 6) is 3.19. The number of hydrogen-bond donors (Lipinski definition) is 0. The molecule has 0 bridgehead atoms. The molecule has 3 aliphatic rings. The molecule has 1 saturated heterocycles. The first-order valence-electron chi connectivity index (χ1n) is 11.5. The van der Waals surface area contributed by atoms with Crippen LogP contribution in [0, 0.1) is 5.92 Å². The van der Waals surface area contributed by atoms with E-state index in [1.54, 1.807) is 0 Å². The normalized spacial score (nSPS) is 21.2. The second-order valence-electron chi connectivity index (χ2n) is 9.05. The van der Waals surface area contributed by atoms with Gasteiger partial charge in [0.05, 0.1) is 5.39 Å². The molecule has 2 aromatic heterocycles. The van der Waals surface area contributed by atoms with Crippen molar-refractivity contribution in [1.29, 1.82) is 0 Å². The average Bonchev–Trinajstić information content (AvgIpc) is 3.10. The van der Waals surface area contributed by atoms with Crippen LogP contribution in [-0.2, 0) is 17.6 Å². The smallest absolute Gasteiger partial charge is 0.225 e. The van der Waals surface area contributed by atoms with E-state index in [0.29, 0.717) is 17.7 Å². The van der Waals surface area contributed by atoms with E-state index in [9.17, 15) is 4.79 Å². The number of nitrogens with zero attached hydrogens (tertiary/aromatic N) is 4. The zero-order valence-corrected chi connectivity index (χ0v) is 18.6. The number of aromatic nitrogens is 2. The number of rotatable bonds is 4. The minimum Gasteiger partial charge on any atom is -0.352 e. The van der Waals surface area contributed by atoms with Gasteiger partial charge in [0.25, 0.3) is 0 Å². The summed E-state index contributed by atoms with van der Waals surface area (Å²) in [4.78, 5) is 30.0. The fraction of sp³-hybridized carbons (Fsp3) is 0.696. The Kier molecular flexibility index (Phi) is 5.23. The molecule has 1 saturated carbocycles. The summed E-state index contributed by atoms with van der Waals surface area (Å²) in [6, 6.07) is 0. The lowest BCUT2D eigenvalue weighted by Gasteiger charge is -2.39. The molecule has 5 rings (SSSR count). The monoisotopic (exact) mass is 412 g/mol. The molecular formula is C23H32N4OS. The maximum atomic E-state index is 12.7. The van der Waals surface area contributed by atoms with E-state index in [1.807, 2.05) is 11.3 Å². The molecule has 1 aliphatic heterocycles. The Hall–Kier alpha value is -1.69. The lowest BCUT2D eigenvalue weighted by Crippen LogP contribution is -2.51. The van der Waals surface area contributed by atoms with Crippen molar-refractivity contribution in [3.8, 4) is 0 Å². The highest BCUT2D eigenvalue weighted by Crippen LogP contribution is 2.41. The molecule has 0 unspecified atom stereocenters. The third-order valence-electron chi connectivity index (χ3n) is 7.21. The molecule has 2 aliphatic carbocycles. The van der Waals surface area contributed by atoms with Gasteiger partial charge in [-0.2, -0.15) is 0 Å². The van der Waals surface area contributed by atoms with Gasteiger partial charge in [-0.15, -0.1) is 11.3 Å². The van der Waals surface area contributed by atoms with Gasteiger partial charge in [0, 0.05) is 42.9 Å². The molecule has 29 heavy (non-hydrogen) atoms. The van der Waals surface area contributed by atoms with Crippen LogP contribution >= 0.6 is 11.3 Å². The van der Waals surface area contributed by atoms with Gasteiger partial charge in [-0.3, -0.25) is 4.79 Å². The van der Waals surface area contributed by atoms with Gasteiger partial charge in [0.2, 0.25) is 5.91 Å². The fourth-order valence-electron chi connectivity index (χ4n) is 4.84. The van der Waals surface area contributed by atoms with Crippen molar-refractivity contribution >= 4 is 33.3 Å². The van der Waals surface area contributed by atoms with Gasteiger partial charge in [-0.1, -0.05) is 20.3 Å². The Morgan fingerprint density at radius 2 is 1.86 bits per heavy atom. The van der Waals surface area contributed by atoms with Crippen LogP contribution in [0.4, 0.5) is 5.82 Å². The molecule has 1 amide bonds. The van der Waals surface area contributed by atoms with E-state index < -0.39 is 0 Å². The zero-order valence-electron chi connectivity index (χ0n) is 17.7. The molecule has 156 valence electrons. The maximum Gasteiger partial charge on any atom is 0.225 e. The summed E-state index contributed by atoms with van der Waals surface area (Å²) in [7, 11) is 0. The van der Waals surface area contributed by atoms with Crippen LogP contribution in [0.2, 0.25) is 0 Å². The van der Waals surface area contributed by atoms with E-state index in [2.05, 4.69) is 23.6 Å². The van der Waals surface area contributed by atoms with Gasteiger partial charge < -0.3 is 9.80 Å². The van der Waals surface area contributed by atoms with Gasteiger partial charge >= 0.3 is 0 Å². The van der Waals surface area contributed by atoms with Crippen LogP contribution in [0.5, 0.6) is 0 Å². The quantitative estimate of drug-likeness (QED) is 0.740. The second kappa shape index (κ2) is 7.86. The summed E-state index contributed by atoms with van der Waals surface area (Å²) >= 11 is 1.90. The predicted octanol–water partition coefficient (Wildman–Crippen LogP) is 4.53. The number of carbonyl (C=O) groups excluding carboxylic acids is 1. The topological polar surface area (TPSA) is 49.3 Å². The lowest BCUT2D eigenvalue weighted by molar-refractivity contribution is -0.138. The van der Waals surface area contributed by atoms with Crippen molar-refractivity contribution in [3.63, 3.8) is 0 Å². The Morgan fingerprint density at radius 3 is 2.55 bits per heavy atom. The minimum atomic E-state index is 0.299. The summed E-state index contributed by atoms with van der Waals surface area (Å²) in [6.07, 6.45) is 9.37. The number of hydrogen-bond acceptors (Lipinski definition) is 5. The lowest BCUT2D eigenvalue weighted by atomic mass is 9.84. The highest BCUT2D eigenvalue weighted by atomic mass is 32.1. The van der Waals surface area contributed by atoms with E-state index >= 15 is 0 Å². The molecule has 2 aromatic rings. The molecule has 3 heterocycles. The maximum absolute atomic E-state index is 12.7. The molecule has 0 aromatic carbocycles. The largest absolute Gasteiger partial charge is 0.352 e. The van der Waals surface area contributed by atoms with Gasteiger partial charge in [0.1, 0.15) is 16.5 Å². The first-order chi connectivity index (χ1) is 14.2. The van der Waals surface area contributed by atoms with Crippen molar-refractivity contribution in [2.75, 3.05) is 31.1 Å². The third kappa shape index (κ3) is 3.43. The Morgan fingerprint density at radius 1 is 1.10 bits per heavy atom. The number of amides is 1. The number of aryl methyl sites for hydroxylation is 2. The number of fused-ring (bicyclic) bond motifs is 3. The van der Waals surface area contributed by atoms with Crippen molar-refractivity contribution in [2.24, 2.45) is 5.92 Å². The summed E-state index contributed by atoms with van der Waals surface area (Å²) in [5.41, 5.74) is 1.51. The van der Waals surface area contributed by atoms with E-state index in [0.717, 1.165) is 63.5 Å². The molecule has 1 atom stereocenters. The molecule has 0 radical (unpaired) electrons. The van der Waals surface area contributed by atoms with Gasteiger partial charge in [0.15, 0.2) is 0 Å². The van der Waals surface area contributed by atoms with E-state index in [-0.39, 0.29) is 0 Å². The van der Waals surface area contributed by atoms with Crippen LogP contribution in [0.1, 0.15) is 74.6 Å². The summed E-state index contributed by atoms with van der Waals surface area (Å²) in [5, 5.41) is 1.32. The molecule has 2 fully saturated rings.